The van der Waals surface area contributed by atoms with Crippen LogP contribution in [-0.2, 0) is 19.9 Å². The molecule has 6 N–H and O–H groups in total. The van der Waals surface area contributed by atoms with Crippen LogP contribution in [0.5, 0.6) is 0 Å². The van der Waals surface area contributed by atoms with Gasteiger partial charge in [0.15, 0.2) is 0 Å². The summed E-state index contributed by atoms with van der Waals surface area (Å²) in [6.07, 6.45) is 5.64. The molecular formula is C12H24N2O6S. The summed E-state index contributed by atoms with van der Waals surface area (Å²) in [5, 5.41) is 0. The van der Waals surface area contributed by atoms with Crippen molar-refractivity contribution in [3.05, 3.63) is 50.6 Å². The van der Waals surface area contributed by atoms with Gasteiger partial charge in [0, 0.05) is 0 Å². The maximum atomic E-state index is 8.74. The summed E-state index contributed by atoms with van der Waals surface area (Å²) in [5.41, 5.74) is 10.5. The smallest absolute Gasteiger partial charge is 0.356 e. The minimum absolute atomic E-state index is 0.354. The van der Waals surface area contributed by atoms with Gasteiger partial charge in [-0.1, -0.05) is 25.3 Å². The first-order valence-corrected chi connectivity index (χ1v) is 6.93. The Bertz CT molecular complexity index is 353. The molecule has 0 aromatic carbocycles. The van der Waals surface area contributed by atoms with Gasteiger partial charge in [-0.3, -0.25) is 9.11 Å². The van der Waals surface area contributed by atoms with Crippen LogP contribution in [0.15, 0.2) is 50.6 Å². The molecule has 8 nitrogen and oxygen atoms in total. The Hall–Kier alpha value is -1.33. The molecule has 2 atom stereocenters. The van der Waals surface area contributed by atoms with Crippen LogP contribution in [0, 0.1) is 0 Å². The Morgan fingerprint density at radius 2 is 1.14 bits per heavy atom. The van der Waals surface area contributed by atoms with E-state index in [0.29, 0.717) is 13.2 Å². The lowest BCUT2D eigenvalue weighted by molar-refractivity contribution is 0.114. The Morgan fingerprint density at radius 1 is 0.905 bits per heavy atom. The van der Waals surface area contributed by atoms with Crippen molar-refractivity contribution in [1.82, 2.24) is 0 Å². The van der Waals surface area contributed by atoms with Crippen molar-refractivity contribution in [2.24, 2.45) is 11.5 Å². The number of nitrogens with two attached hydrogens (primary N) is 2. The standard InChI is InChI=1S/2C6H11NO.H2O4S/c2*1-3-5-8-6(7)4-2;1-5(2,3)4/h2*3-4,6H,1-2,5,7H2;(H2,1,2,3,4). The molecule has 124 valence electrons. The fraction of sp³-hybridized carbons (Fsp3) is 0.333. The predicted octanol–water partition coefficient (Wildman–Crippen LogP) is 0.667. The van der Waals surface area contributed by atoms with Crippen molar-refractivity contribution in [3.8, 4) is 0 Å². The lowest BCUT2D eigenvalue weighted by Crippen LogP contribution is -2.20. The summed E-state index contributed by atoms with van der Waals surface area (Å²) in [6.45, 7) is 14.7. The van der Waals surface area contributed by atoms with E-state index >= 15 is 0 Å². The van der Waals surface area contributed by atoms with Gasteiger partial charge in [-0.05, 0) is 12.2 Å². The summed E-state index contributed by atoms with van der Waals surface area (Å²) in [7, 11) is -4.67. The highest BCUT2D eigenvalue weighted by molar-refractivity contribution is 7.79. The van der Waals surface area contributed by atoms with E-state index in [1.54, 1.807) is 12.2 Å². The van der Waals surface area contributed by atoms with Gasteiger partial charge < -0.3 is 20.9 Å². The van der Waals surface area contributed by atoms with Crippen molar-refractivity contribution >= 4 is 10.4 Å². The minimum Gasteiger partial charge on any atom is -0.356 e. The van der Waals surface area contributed by atoms with Gasteiger partial charge in [0.25, 0.3) is 0 Å². The van der Waals surface area contributed by atoms with Gasteiger partial charge in [0.2, 0.25) is 0 Å². The third-order valence-corrected chi connectivity index (χ3v) is 1.28. The summed E-state index contributed by atoms with van der Waals surface area (Å²) >= 11 is 0. The van der Waals surface area contributed by atoms with Crippen LogP contribution < -0.4 is 11.5 Å². The van der Waals surface area contributed by atoms with Crippen LogP contribution in [0.2, 0.25) is 0 Å². The topological polar surface area (TPSA) is 145 Å². The molecule has 0 aromatic rings. The van der Waals surface area contributed by atoms with Crippen molar-refractivity contribution in [1.29, 1.82) is 0 Å². The van der Waals surface area contributed by atoms with Crippen molar-refractivity contribution in [3.63, 3.8) is 0 Å². The molecule has 2 unspecified atom stereocenters. The van der Waals surface area contributed by atoms with Gasteiger partial charge in [0.05, 0.1) is 13.2 Å². The zero-order valence-electron chi connectivity index (χ0n) is 11.8. The molecule has 0 aromatic heterocycles. The monoisotopic (exact) mass is 324 g/mol. The maximum Gasteiger partial charge on any atom is 0.394 e. The summed E-state index contributed by atoms with van der Waals surface area (Å²) in [6, 6.07) is 0. The lowest BCUT2D eigenvalue weighted by Gasteiger charge is -2.03. The Morgan fingerprint density at radius 3 is 1.29 bits per heavy atom. The molecule has 9 heteroatoms. The van der Waals surface area contributed by atoms with Gasteiger partial charge >= 0.3 is 10.4 Å². The van der Waals surface area contributed by atoms with E-state index in [1.165, 1.54) is 12.2 Å². The molecular weight excluding hydrogens is 300 g/mol. The molecule has 0 bridgehead atoms. The first-order valence-electron chi connectivity index (χ1n) is 5.53. The molecule has 0 spiro atoms. The van der Waals surface area contributed by atoms with Crippen LogP contribution in [0.4, 0.5) is 0 Å². The number of hydrogen-bond donors (Lipinski definition) is 4. The van der Waals surface area contributed by atoms with Crippen molar-refractivity contribution in [2.75, 3.05) is 13.2 Å². The highest BCUT2D eigenvalue weighted by atomic mass is 32.3. The average molecular weight is 324 g/mol. The zero-order chi connectivity index (χ0) is 17.3. The quantitative estimate of drug-likeness (QED) is 0.289. The first-order chi connectivity index (χ1) is 9.62. The Kier molecular flexibility index (Phi) is 19.6. The minimum atomic E-state index is -4.67. The van der Waals surface area contributed by atoms with Crippen LogP contribution in [0.3, 0.4) is 0 Å². The predicted molar refractivity (Wildman–Crippen MR) is 82.8 cm³/mol. The molecule has 0 saturated heterocycles. The number of ether oxygens (including phenoxy) is 2. The average Bonchev–Trinajstić information content (AvgIpc) is 2.40. The second-order valence-corrected chi connectivity index (χ2v) is 3.99. The molecule has 0 amide bonds. The molecule has 21 heavy (non-hydrogen) atoms. The molecule has 0 rings (SSSR count). The molecule has 0 heterocycles. The molecule has 0 aliphatic heterocycles. The van der Waals surface area contributed by atoms with Gasteiger partial charge in [-0.2, -0.15) is 8.42 Å². The van der Waals surface area contributed by atoms with Crippen molar-refractivity contribution < 1.29 is 27.0 Å². The fourth-order valence-electron chi connectivity index (χ4n) is 0.494. The van der Waals surface area contributed by atoms with Gasteiger partial charge in [-0.15, -0.1) is 13.2 Å². The summed E-state index contributed by atoms with van der Waals surface area (Å²) < 4.78 is 41.3. The number of hydrogen-bond acceptors (Lipinski definition) is 6. The Labute approximate surface area is 126 Å². The first kappa shape index (κ1) is 24.7. The van der Waals surface area contributed by atoms with E-state index < -0.39 is 10.4 Å². The largest absolute Gasteiger partial charge is 0.394 e. The van der Waals surface area contributed by atoms with Crippen LogP contribution in [-0.4, -0.2) is 43.2 Å². The maximum absolute atomic E-state index is 8.74. The zero-order valence-corrected chi connectivity index (χ0v) is 12.6. The summed E-state index contributed by atoms with van der Waals surface area (Å²) in [5.74, 6) is 0. The Balaban J connectivity index is -0.000000239. The van der Waals surface area contributed by atoms with E-state index in [9.17, 15) is 0 Å². The molecule has 0 aliphatic rings. The van der Waals surface area contributed by atoms with Crippen LogP contribution in [0.25, 0.3) is 0 Å². The van der Waals surface area contributed by atoms with E-state index in [0.717, 1.165) is 0 Å². The van der Waals surface area contributed by atoms with E-state index in [1.807, 2.05) is 0 Å². The SMILES string of the molecule is C=CCOC(N)C=C.C=CCOC(N)C=C.O=S(=O)(O)O. The van der Waals surface area contributed by atoms with Crippen molar-refractivity contribution in [2.45, 2.75) is 12.5 Å². The fourth-order valence-corrected chi connectivity index (χ4v) is 0.494. The van der Waals surface area contributed by atoms with Crippen LogP contribution >= 0.6 is 0 Å². The second-order valence-electron chi connectivity index (χ2n) is 3.09. The van der Waals surface area contributed by atoms with E-state index in [-0.39, 0.29) is 12.5 Å². The summed E-state index contributed by atoms with van der Waals surface area (Å²) in [4.78, 5) is 0. The highest BCUT2D eigenvalue weighted by Gasteiger charge is 1.89. The molecule has 0 fully saturated rings. The normalized spacial score (nSPS) is 12.4. The number of rotatable bonds is 8. The van der Waals surface area contributed by atoms with E-state index in [2.05, 4.69) is 26.3 Å². The third-order valence-electron chi connectivity index (χ3n) is 1.28. The third kappa shape index (κ3) is 45.6. The molecule has 0 saturated carbocycles. The molecule has 0 radical (unpaired) electrons. The highest BCUT2D eigenvalue weighted by Crippen LogP contribution is 1.82. The lowest BCUT2D eigenvalue weighted by atomic mass is 10.6. The second kappa shape index (κ2) is 16.7. The van der Waals surface area contributed by atoms with Gasteiger partial charge in [0.1, 0.15) is 12.5 Å². The van der Waals surface area contributed by atoms with E-state index in [4.69, 9.17) is 38.5 Å². The van der Waals surface area contributed by atoms with Gasteiger partial charge in [-0.25, -0.2) is 0 Å². The van der Waals surface area contributed by atoms with Crippen LogP contribution in [0.1, 0.15) is 0 Å². The molecule has 0 aliphatic carbocycles.